The average molecular weight is 263 g/mol. The minimum Gasteiger partial charge on any atom is -0.464 e. The van der Waals surface area contributed by atoms with Crippen LogP contribution in [0.1, 0.15) is 43.1 Å². The van der Waals surface area contributed by atoms with Gasteiger partial charge in [0.2, 0.25) is 0 Å². The summed E-state index contributed by atoms with van der Waals surface area (Å²) in [4.78, 5) is 15.7. The Balaban J connectivity index is 2.08. The van der Waals surface area contributed by atoms with Gasteiger partial charge in [0.15, 0.2) is 5.69 Å². The Morgan fingerprint density at radius 2 is 2.26 bits per heavy atom. The summed E-state index contributed by atoms with van der Waals surface area (Å²) < 4.78 is 4.66. The number of carbonyl (C=O) groups excluding carboxylic acids is 1. The molecule has 1 fully saturated rings. The maximum absolute atomic E-state index is 11.4. The molecule has 19 heavy (non-hydrogen) atoms. The lowest BCUT2D eigenvalue weighted by Crippen LogP contribution is -2.36. The van der Waals surface area contributed by atoms with Crippen LogP contribution in [0.3, 0.4) is 0 Å². The van der Waals surface area contributed by atoms with Crippen LogP contribution < -0.4 is 11.1 Å². The predicted octanol–water partition coefficient (Wildman–Crippen LogP) is 2.44. The molecule has 1 saturated carbocycles. The topological polar surface area (TPSA) is 77.2 Å². The summed E-state index contributed by atoms with van der Waals surface area (Å²) in [6, 6.07) is 3.26. The number of ether oxygens (including phenoxy) is 1. The Hall–Kier alpha value is -1.78. The highest BCUT2D eigenvalue weighted by Crippen LogP contribution is 2.43. The summed E-state index contributed by atoms with van der Waals surface area (Å²) >= 11 is 0. The van der Waals surface area contributed by atoms with Gasteiger partial charge in [-0.15, -0.1) is 0 Å². The molecule has 5 heteroatoms. The van der Waals surface area contributed by atoms with Gasteiger partial charge in [-0.05, 0) is 36.8 Å². The van der Waals surface area contributed by atoms with Crippen molar-refractivity contribution in [3.05, 3.63) is 17.8 Å². The van der Waals surface area contributed by atoms with Gasteiger partial charge in [0, 0.05) is 6.54 Å². The van der Waals surface area contributed by atoms with Gasteiger partial charge in [0.1, 0.15) is 5.82 Å². The first kappa shape index (κ1) is 13.6. The van der Waals surface area contributed by atoms with E-state index in [2.05, 4.69) is 22.0 Å². The normalized spacial score (nSPS) is 16.5. The number of aromatic nitrogens is 1. The fourth-order valence-electron chi connectivity index (χ4n) is 2.43. The zero-order chi connectivity index (χ0) is 13.9. The first-order valence-electron chi connectivity index (χ1n) is 6.69. The first-order valence-corrected chi connectivity index (χ1v) is 6.69. The quantitative estimate of drug-likeness (QED) is 0.798. The molecule has 0 aliphatic heterocycles. The monoisotopic (exact) mass is 263 g/mol. The molecule has 0 amide bonds. The lowest BCUT2D eigenvalue weighted by Gasteiger charge is -2.41. The summed E-state index contributed by atoms with van der Waals surface area (Å²) in [6.45, 7) is 3.06. The van der Waals surface area contributed by atoms with Crippen molar-refractivity contribution in [3.63, 3.8) is 0 Å². The number of nitrogens with one attached hydrogen (secondary N) is 1. The molecule has 1 aliphatic rings. The number of nitrogen functional groups attached to an aromatic ring is 1. The molecule has 104 valence electrons. The summed E-state index contributed by atoms with van der Waals surface area (Å²) in [6.07, 6.45) is 4.93. The molecule has 1 aliphatic carbocycles. The molecule has 0 radical (unpaired) electrons. The molecule has 0 spiro atoms. The molecular formula is C14H21N3O2. The zero-order valence-corrected chi connectivity index (χ0v) is 11.5. The van der Waals surface area contributed by atoms with E-state index in [0.717, 1.165) is 13.0 Å². The number of nitrogens with two attached hydrogens (primary N) is 1. The number of methoxy groups -OCH3 is 1. The van der Waals surface area contributed by atoms with E-state index in [1.54, 1.807) is 12.1 Å². The van der Waals surface area contributed by atoms with E-state index in [0.29, 0.717) is 16.9 Å². The maximum atomic E-state index is 11.4. The van der Waals surface area contributed by atoms with E-state index >= 15 is 0 Å². The zero-order valence-electron chi connectivity index (χ0n) is 11.5. The fraction of sp³-hybridized carbons (Fsp3) is 0.571. The molecule has 1 heterocycles. The second-order valence-electron chi connectivity index (χ2n) is 5.19. The van der Waals surface area contributed by atoms with Crippen LogP contribution in [0.5, 0.6) is 0 Å². The van der Waals surface area contributed by atoms with Crippen LogP contribution in [0.4, 0.5) is 11.5 Å². The van der Waals surface area contributed by atoms with Crippen LogP contribution in [0.15, 0.2) is 12.1 Å². The minimum absolute atomic E-state index is 0.276. The number of hydrogen-bond donors (Lipinski definition) is 2. The van der Waals surface area contributed by atoms with Crippen LogP contribution in [0.25, 0.3) is 0 Å². The number of hydrogen-bond acceptors (Lipinski definition) is 5. The third-order valence-electron chi connectivity index (χ3n) is 4.12. The van der Waals surface area contributed by atoms with Crippen LogP contribution in [0.2, 0.25) is 0 Å². The molecule has 5 nitrogen and oxygen atoms in total. The van der Waals surface area contributed by atoms with Crippen LogP contribution in [-0.4, -0.2) is 24.6 Å². The van der Waals surface area contributed by atoms with Crippen LogP contribution >= 0.6 is 0 Å². The lowest BCUT2D eigenvalue weighted by atomic mass is 9.67. The summed E-state index contributed by atoms with van der Waals surface area (Å²) in [5.41, 5.74) is 7.08. The molecule has 1 aromatic heterocycles. The molecule has 3 N–H and O–H groups in total. The third kappa shape index (κ3) is 2.80. The summed E-state index contributed by atoms with van der Waals surface area (Å²) in [7, 11) is 1.34. The van der Waals surface area contributed by atoms with E-state index in [9.17, 15) is 4.79 Å². The van der Waals surface area contributed by atoms with E-state index in [1.807, 2.05) is 0 Å². The van der Waals surface area contributed by atoms with Crippen molar-refractivity contribution in [2.75, 3.05) is 24.7 Å². The van der Waals surface area contributed by atoms with Crippen molar-refractivity contribution in [2.24, 2.45) is 5.41 Å². The van der Waals surface area contributed by atoms with Gasteiger partial charge >= 0.3 is 5.97 Å². The van der Waals surface area contributed by atoms with Gasteiger partial charge in [-0.2, -0.15) is 0 Å². The van der Waals surface area contributed by atoms with Gasteiger partial charge in [0.05, 0.1) is 12.8 Å². The smallest absolute Gasteiger partial charge is 0.356 e. The SMILES string of the molecule is CCC1(CNc2nc(C(=O)OC)ccc2N)CCC1. The predicted molar refractivity (Wildman–Crippen MR) is 75.1 cm³/mol. The molecule has 0 atom stereocenters. The molecule has 2 rings (SSSR count). The Kier molecular flexibility index (Phi) is 3.93. The first-order chi connectivity index (χ1) is 9.10. The second kappa shape index (κ2) is 5.47. The van der Waals surface area contributed by atoms with Gasteiger partial charge in [-0.3, -0.25) is 0 Å². The highest BCUT2D eigenvalue weighted by molar-refractivity contribution is 5.88. The van der Waals surface area contributed by atoms with Crippen LogP contribution in [0, 0.1) is 5.41 Å². The minimum atomic E-state index is -0.447. The van der Waals surface area contributed by atoms with Crippen molar-refractivity contribution < 1.29 is 9.53 Å². The number of pyridine rings is 1. The Morgan fingerprint density at radius 3 is 2.79 bits per heavy atom. The molecular weight excluding hydrogens is 242 g/mol. The van der Waals surface area contributed by atoms with Gasteiger partial charge in [-0.25, -0.2) is 9.78 Å². The van der Waals surface area contributed by atoms with E-state index in [-0.39, 0.29) is 5.69 Å². The van der Waals surface area contributed by atoms with Crippen molar-refractivity contribution in [1.82, 2.24) is 4.98 Å². The third-order valence-corrected chi connectivity index (χ3v) is 4.12. The molecule has 0 aromatic carbocycles. The molecule has 1 aromatic rings. The highest BCUT2D eigenvalue weighted by atomic mass is 16.5. The molecule has 0 saturated heterocycles. The van der Waals surface area contributed by atoms with Crippen molar-refractivity contribution in [1.29, 1.82) is 0 Å². The number of anilines is 2. The van der Waals surface area contributed by atoms with E-state index in [1.165, 1.54) is 26.4 Å². The number of rotatable bonds is 5. The number of esters is 1. The Morgan fingerprint density at radius 1 is 1.53 bits per heavy atom. The van der Waals surface area contributed by atoms with E-state index in [4.69, 9.17) is 5.73 Å². The van der Waals surface area contributed by atoms with Crippen molar-refractivity contribution >= 4 is 17.5 Å². The van der Waals surface area contributed by atoms with Crippen LogP contribution in [-0.2, 0) is 4.74 Å². The fourth-order valence-corrected chi connectivity index (χ4v) is 2.43. The second-order valence-corrected chi connectivity index (χ2v) is 5.19. The average Bonchev–Trinajstić information content (AvgIpc) is 2.39. The standard InChI is InChI=1S/C14H21N3O2/c1-3-14(7-4-8-14)9-16-12-10(15)5-6-11(17-12)13(18)19-2/h5-6H,3-4,7-9,15H2,1-2H3,(H,16,17). The van der Waals surface area contributed by atoms with E-state index < -0.39 is 5.97 Å². The highest BCUT2D eigenvalue weighted by Gasteiger charge is 2.34. The summed E-state index contributed by atoms with van der Waals surface area (Å²) in [5.74, 6) is 0.125. The number of nitrogens with zero attached hydrogens (tertiary/aromatic N) is 1. The van der Waals surface area contributed by atoms with Gasteiger partial charge < -0.3 is 15.8 Å². The Labute approximate surface area is 113 Å². The van der Waals surface area contributed by atoms with Gasteiger partial charge in [0.25, 0.3) is 0 Å². The molecule has 0 unspecified atom stereocenters. The van der Waals surface area contributed by atoms with Gasteiger partial charge in [-0.1, -0.05) is 13.3 Å². The maximum Gasteiger partial charge on any atom is 0.356 e. The van der Waals surface area contributed by atoms with Crippen molar-refractivity contribution in [3.8, 4) is 0 Å². The van der Waals surface area contributed by atoms with Crippen molar-refractivity contribution in [2.45, 2.75) is 32.6 Å². The summed E-state index contributed by atoms with van der Waals surface area (Å²) in [5, 5.41) is 3.28. The molecule has 0 bridgehead atoms. The largest absolute Gasteiger partial charge is 0.464 e. The number of carbonyl (C=O) groups is 1. The lowest BCUT2D eigenvalue weighted by molar-refractivity contribution is 0.0594. The Bertz CT molecular complexity index is 464.